The van der Waals surface area contributed by atoms with E-state index in [1.54, 1.807) is 6.92 Å². The molecular formula is C25H25Cl2N4O2S+. The largest absolute Gasteiger partial charge is 0.462 e. The first-order chi connectivity index (χ1) is 16.4. The number of carbonyl (C=O) groups excluding carboxylic acids is 1. The molecule has 2 aromatic carbocycles. The Hall–Kier alpha value is -2.71. The fourth-order valence-electron chi connectivity index (χ4n) is 3.66. The van der Waals surface area contributed by atoms with Gasteiger partial charge < -0.3 is 15.4 Å². The van der Waals surface area contributed by atoms with Gasteiger partial charge in [-0.15, -0.1) is 11.3 Å². The Morgan fingerprint density at radius 1 is 1.06 bits per heavy atom. The fourth-order valence-corrected chi connectivity index (χ4v) is 5.18. The van der Waals surface area contributed by atoms with E-state index in [4.69, 9.17) is 37.9 Å². The van der Waals surface area contributed by atoms with Crippen molar-refractivity contribution in [1.82, 2.24) is 9.97 Å². The predicted octanol–water partition coefficient (Wildman–Crippen LogP) is 5.36. The number of aromatic nitrogens is 2. The van der Waals surface area contributed by atoms with E-state index in [-0.39, 0.29) is 5.97 Å². The van der Waals surface area contributed by atoms with Crippen molar-refractivity contribution in [2.75, 3.05) is 11.9 Å². The van der Waals surface area contributed by atoms with E-state index < -0.39 is 0 Å². The normalized spacial score (nSPS) is 11.1. The monoisotopic (exact) mass is 515 g/mol. The number of carbonyl (C=O) groups is 1. The maximum Gasteiger partial charge on any atom is 0.348 e. The van der Waals surface area contributed by atoms with E-state index in [0.29, 0.717) is 41.2 Å². The molecule has 0 saturated carbocycles. The molecule has 6 nitrogen and oxygen atoms in total. The number of thiophene rings is 1. The molecule has 0 fully saturated rings. The molecule has 4 aromatic rings. The molecule has 0 bridgehead atoms. The van der Waals surface area contributed by atoms with Crippen LogP contribution in [0.2, 0.25) is 10.0 Å². The van der Waals surface area contributed by atoms with Gasteiger partial charge in [0.1, 0.15) is 28.6 Å². The molecule has 3 N–H and O–H groups in total. The Morgan fingerprint density at radius 3 is 2.47 bits per heavy atom. The minimum absolute atomic E-state index is 0.321. The van der Waals surface area contributed by atoms with Crippen molar-refractivity contribution in [3.05, 3.63) is 86.0 Å². The molecule has 0 atom stereocenters. The van der Waals surface area contributed by atoms with Gasteiger partial charge in [-0.05, 0) is 49.2 Å². The second-order valence-corrected chi connectivity index (χ2v) is 9.63. The van der Waals surface area contributed by atoms with Crippen LogP contribution in [-0.2, 0) is 24.4 Å². The third kappa shape index (κ3) is 5.85. The molecule has 4 rings (SSSR count). The molecule has 0 aliphatic heterocycles. The molecule has 176 valence electrons. The first kappa shape index (κ1) is 24.4. The first-order valence-corrected chi connectivity index (χ1v) is 12.5. The maximum atomic E-state index is 12.5. The molecule has 0 aliphatic rings. The van der Waals surface area contributed by atoms with Crippen molar-refractivity contribution >= 4 is 56.5 Å². The summed E-state index contributed by atoms with van der Waals surface area (Å²) in [6, 6.07) is 15.5. The van der Waals surface area contributed by atoms with Crippen LogP contribution in [-0.4, -0.2) is 22.5 Å². The summed E-state index contributed by atoms with van der Waals surface area (Å²) in [7, 11) is 0. The summed E-state index contributed by atoms with van der Waals surface area (Å²) >= 11 is 13.6. The average molecular weight is 516 g/mol. The van der Waals surface area contributed by atoms with E-state index in [9.17, 15) is 4.79 Å². The van der Waals surface area contributed by atoms with Crippen LogP contribution in [0.3, 0.4) is 0 Å². The van der Waals surface area contributed by atoms with Crippen LogP contribution >= 0.6 is 34.5 Å². The lowest BCUT2D eigenvalue weighted by molar-refractivity contribution is -0.687. The molecule has 0 amide bonds. The number of nitrogens with one attached hydrogen (secondary N) is 1. The zero-order valence-electron chi connectivity index (χ0n) is 18.9. The highest BCUT2D eigenvalue weighted by Gasteiger charge is 2.21. The number of hydrogen-bond acceptors (Lipinski definition) is 6. The van der Waals surface area contributed by atoms with Gasteiger partial charge in [0.2, 0.25) is 0 Å². The van der Waals surface area contributed by atoms with Gasteiger partial charge >= 0.3 is 5.97 Å². The third-order valence-electron chi connectivity index (χ3n) is 5.24. The molecule has 9 heteroatoms. The zero-order chi connectivity index (χ0) is 24.1. The Labute approximate surface area is 212 Å². The fraction of sp³-hybridized carbons (Fsp3) is 0.240. The Bertz CT molecular complexity index is 1330. The van der Waals surface area contributed by atoms with E-state index in [0.717, 1.165) is 38.5 Å². The van der Waals surface area contributed by atoms with E-state index in [1.165, 1.54) is 11.3 Å². The maximum absolute atomic E-state index is 12.5. The van der Waals surface area contributed by atoms with Gasteiger partial charge in [0.25, 0.3) is 0 Å². The molecule has 2 heterocycles. The number of fused-ring (bicyclic) bond motifs is 1. The zero-order valence-corrected chi connectivity index (χ0v) is 21.2. The van der Waals surface area contributed by atoms with Crippen LogP contribution in [0.25, 0.3) is 10.2 Å². The second kappa shape index (κ2) is 11.1. The summed E-state index contributed by atoms with van der Waals surface area (Å²) in [6.45, 7) is 5.91. The minimum atomic E-state index is -0.335. The van der Waals surface area contributed by atoms with Gasteiger partial charge in [-0.3, -0.25) is 0 Å². The highest BCUT2D eigenvalue weighted by molar-refractivity contribution is 7.20. The van der Waals surface area contributed by atoms with Gasteiger partial charge in [0.15, 0.2) is 5.82 Å². The Balaban J connectivity index is 1.62. The summed E-state index contributed by atoms with van der Waals surface area (Å²) in [5, 5.41) is 7.79. The Morgan fingerprint density at radius 2 is 1.76 bits per heavy atom. The highest BCUT2D eigenvalue weighted by atomic mass is 35.5. The lowest BCUT2D eigenvalue weighted by Crippen LogP contribution is -2.81. The van der Waals surface area contributed by atoms with Crippen molar-refractivity contribution in [3.63, 3.8) is 0 Å². The number of quaternary nitrogens is 1. The van der Waals surface area contributed by atoms with Gasteiger partial charge in [-0.2, -0.15) is 0 Å². The number of ether oxygens (including phenoxy) is 1. The van der Waals surface area contributed by atoms with Gasteiger partial charge in [0.05, 0.1) is 12.0 Å². The summed E-state index contributed by atoms with van der Waals surface area (Å²) in [4.78, 5) is 23.4. The average Bonchev–Trinajstić information content (AvgIpc) is 3.14. The summed E-state index contributed by atoms with van der Waals surface area (Å²) < 4.78 is 5.25. The van der Waals surface area contributed by atoms with Crippen LogP contribution in [0.5, 0.6) is 0 Å². The SMILES string of the molecule is CCOC(=O)c1sc2nc(C[NH2+]Cc3cccc(Cl)c3)nc(NCc3cccc(Cl)c3)c2c1C. The minimum Gasteiger partial charge on any atom is -0.462 e. The molecule has 0 spiro atoms. The van der Waals surface area contributed by atoms with Gasteiger partial charge in [-0.1, -0.05) is 47.5 Å². The predicted molar refractivity (Wildman–Crippen MR) is 138 cm³/mol. The number of rotatable bonds is 9. The van der Waals surface area contributed by atoms with E-state index in [2.05, 4.69) is 10.6 Å². The van der Waals surface area contributed by atoms with Crippen molar-refractivity contribution in [2.45, 2.75) is 33.5 Å². The number of nitrogens with zero attached hydrogens (tertiary/aromatic N) is 2. The molecule has 0 unspecified atom stereocenters. The number of anilines is 1. The number of benzene rings is 2. The summed E-state index contributed by atoms with van der Waals surface area (Å²) in [5.74, 6) is 1.04. The van der Waals surface area contributed by atoms with Crippen LogP contribution < -0.4 is 10.6 Å². The van der Waals surface area contributed by atoms with Crippen LogP contribution in [0.15, 0.2) is 48.5 Å². The highest BCUT2D eigenvalue weighted by Crippen LogP contribution is 2.34. The molecule has 0 saturated heterocycles. The topological polar surface area (TPSA) is 80.7 Å². The first-order valence-electron chi connectivity index (χ1n) is 11.0. The molecule has 0 aliphatic carbocycles. The lowest BCUT2D eigenvalue weighted by Gasteiger charge is -2.10. The van der Waals surface area contributed by atoms with Gasteiger partial charge in [-0.25, -0.2) is 14.8 Å². The van der Waals surface area contributed by atoms with Crippen molar-refractivity contribution in [2.24, 2.45) is 0 Å². The number of nitrogens with two attached hydrogens (primary N) is 1. The van der Waals surface area contributed by atoms with Crippen molar-refractivity contribution < 1.29 is 14.8 Å². The standard InChI is InChI=1S/C25H24Cl2N4O2S/c1-3-33-25(32)22-15(2)21-23(29-13-17-7-5-9-19(27)11-17)30-20(31-24(21)34-22)14-28-12-16-6-4-8-18(26)10-16/h4-11,28H,3,12-14H2,1-2H3,(H,29,30,31)/p+1. The molecule has 34 heavy (non-hydrogen) atoms. The lowest BCUT2D eigenvalue weighted by atomic mass is 10.2. The smallest absolute Gasteiger partial charge is 0.348 e. The van der Waals surface area contributed by atoms with Crippen LogP contribution in [0.4, 0.5) is 5.82 Å². The molecule has 2 aromatic heterocycles. The number of aryl methyl sites for hydroxylation is 1. The van der Waals surface area contributed by atoms with E-state index in [1.807, 2.05) is 55.5 Å². The van der Waals surface area contributed by atoms with Gasteiger partial charge in [0, 0.05) is 22.2 Å². The molecule has 0 radical (unpaired) electrons. The van der Waals surface area contributed by atoms with Crippen LogP contribution in [0, 0.1) is 6.92 Å². The third-order valence-corrected chi connectivity index (χ3v) is 6.88. The summed E-state index contributed by atoms with van der Waals surface area (Å²) in [6.07, 6.45) is 0. The summed E-state index contributed by atoms with van der Waals surface area (Å²) in [5.41, 5.74) is 2.98. The van der Waals surface area contributed by atoms with Crippen LogP contribution in [0.1, 0.15) is 39.1 Å². The number of hydrogen-bond donors (Lipinski definition) is 2. The second-order valence-electron chi connectivity index (χ2n) is 7.76. The molecular weight excluding hydrogens is 491 g/mol. The quantitative estimate of drug-likeness (QED) is 0.293. The van der Waals surface area contributed by atoms with Crippen molar-refractivity contribution in [3.8, 4) is 0 Å². The Kier molecular flexibility index (Phi) is 8.00. The number of halogens is 2. The van der Waals surface area contributed by atoms with Crippen molar-refractivity contribution in [1.29, 1.82) is 0 Å². The number of esters is 1. The van der Waals surface area contributed by atoms with E-state index >= 15 is 0 Å².